The molecule has 1 aromatic rings. The molecule has 0 aliphatic carbocycles. The number of thiophene rings is 1. The van der Waals surface area contributed by atoms with Crippen LogP contribution in [0.4, 0.5) is 0 Å². The van der Waals surface area contributed by atoms with Crippen LogP contribution in [0.5, 0.6) is 0 Å². The van der Waals surface area contributed by atoms with Gasteiger partial charge in [0.15, 0.2) is 0 Å². The molecule has 98 valence electrons. The molecule has 0 radical (unpaired) electrons. The van der Waals surface area contributed by atoms with E-state index in [9.17, 15) is 13.2 Å². The Morgan fingerprint density at radius 2 is 2.33 bits per heavy atom. The summed E-state index contributed by atoms with van der Waals surface area (Å²) >= 11 is 4.43. The number of nitrogens with one attached hydrogen (secondary N) is 1. The molecule has 0 amide bonds. The van der Waals surface area contributed by atoms with E-state index in [1.807, 2.05) is 0 Å². The number of halogens is 1. The number of carbonyl (C=O) groups is 1. The van der Waals surface area contributed by atoms with Crippen molar-refractivity contribution in [3.05, 3.63) is 14.7 Å². The van der Waals surface area contributed by atoms with E-state index in [1.54, 1.807) is 6.92 Å². The number of terminal acetylenes is 1. The highest BCUT2D eigenvalue weighted by atomic mass is 79.9. The van der Waals surface area contributed by atoms with Crippen LogP contribution in [0.2, 0.25) is 0 Å². The number of carboxylic acids is 1. The fourth-order valence-electron chi connectivity index (χ4n) is 1.25. The topological polar surface area (TPSA) is 83.5 Å². The molecule has 18 heavy (non-hydrogen) atoms. The molecule has 1 rings (SSSR count). The maximum Gasteiger partial charge on any atom is 0.322 e. The Bertz CT molecular complexity index is 600. The Balaban J connectivity index is 3.05. The SMILES string of the molecule is C#CCC(NS(=O)(=O)c1cc(Br)sc1C)C(=O)O. The lowest BCUT2D eigenvalue weighted by molar-refractivity contribution is -0.138. The van der Waals surface area contributed by atoms with Gasteiger partial charge < -0.3 is 5.11 Å². The largest absolute Gasteiger partial charge is 0.480 e. The van der Waals surface area contributed by atoms with Crippen molar-refractivity contribution in [3.63, 3.8) is 0 Å². The third-order valence-corrected chi connectivity index (χ3v) is 5.33. The van der Waals surface area contributed by atoms with Gasteiger partial charge in [-0.1, -0.05) is 0 Å². The molecule has 0 aromatic carbocycles. The molecule has 0 fully saturated rings. The van der Waals surface area contributed by atoms with Crippen LogP contribution in [0, 0.1) is 19.3 Å². The Labute approximate surface area is 117 Å². The van der Waals surface area contributed by atoms with Crippen LogP contribution >= 0.6 is 27.3 Å². The van der Waals surface area contributed by atoms with E-state index in [4.69, 9.17) is 11.5 Å². The van der Waals surface area contributed by atoms with E-state index in [-0.39, 0.29) is 11.3 Å². The van der Waals surface area contributed by atoms with Crippen LogP contribution in [0.1, 0.15) is 11.3 Å². The lowest BCUT2D eigenvalue weighted by Gasteiger charge is -2.11. The lowest BCUT2D eigenvalue weighted by atomic mass is 10.2. The second kappa shape index (κ2) is 5.84. The van der Waals surface area contributed by atoms with Crippen molar-refractivity contribution in [1.29, 1.82) is 0 Å². The standard InChI is InChI=1S/C10H10BrNO4S2/c1-3-4-7(10(13)14)12-18(15,16)8-5-9(11)17-6(8)2/h1,5,7,12H,4H2,2H3,(H,13,14). The zero-order valence-electron chi connectivity index (χ0n) is 9.31. The molecule has 5 nitrogen and oxygen atoms in total. The minimum Gasteiger partial charge on any atom is -0.480 e. The number of hydrogen-bond acceptors (Lipinski definition) is 4. The molecular weight excluding hydrogens is 342 g/mol. The van der Waals surface area contributed by atoms with E-state index >= 15 is 0 Å². The molecule has 1 heterocycles. The summed E-state index contributed by atoms with van der Waals surface area (Å²) in [6.45, 7) is 1.64. The lowest BCUT2D eigenvalue weighted by Crippen LogP contribution is -2.40. The van der Waals surface area contributed by atoms with E-state index < -0.39 is 22.0 Å². The molecule has 0 aliphatic rings. The molecule has 0 spiro atoms. The normalized spacial score (nSPS) is 12.9. The third-order valence-electron chi connectivity index (χ3n) is 2.05. The van der Waals surface area contributed by atoms with Crippen molar-refractivity contribution in [1.82, 2.24) is 4.72 Å². The Morgan fingerprint density at radius 1 is 1.72 bits per heavy atom. The molecule has 0 aliphatic heterocycles. The van der Waals surface area contributed by atoms with E-state index in [2.05, 4.69) is 26.6 Å². The van der Waals surface area contributed by atoms with Gasteiger partial charge in [-0.05, 0) is 28.9 Å². The minimum absolute atomic E-state index is 0.0580. The van der Waals surface area contributed by atoms with Crippen LogP contribution in [-0.4, -0.2) is 25.5 Å². The molecule has 0 saturated heterocycles. The van der Waals surface area contributed by atoms with Gasteiger partial charge in [0.1, 0.15) is 6.04 Å². The van der Waals surface area contributed by atoms with Gasteiger partial charge >= 0.3 is 5.97 Å². The maximum absolute atomic E-state index is 12.0. The van der Waals surface area contributed by atoms with Gasteiger partial charge in [-0.25, -0.2) is 8.42 Å². The van der Waals surface area contributed by atoms with E-state index in [1.165, 1.54) is 17.4 Å². The van der Waals surface area contributed by atoms with Crippen molar-refractivity contribution in [2.45, 2.75) is 24.3 Å². The summed E-state index contributed by atoms with van der Waals surface area (Å²) in [6, 6.07) is 0.106. The van der Waals surface area contributed by atoms with Gasteiger partial charge in [-0.15, -0.1) is 23.7 Å². The maximum atomic E-state index is 12.0. The molecule has 1 atom stereocenters. The van der Waals surface area contributed by atoms with E-state index in [0.29, 0.717) is 8.66 Å². The summed E-state index contributed by atoms with van der Waals surface area (Å²) in [7, 11) is -3.88. The number of rotatable bonds is 5. The minimum atomic E-state index is -3.88. The first kappa shape index (κ1) is 15.2. The first-order valence-corrected chi connectivity index (χ1v) is 7.81. The van der Waals surface area contributed by atoms with Crippen molar-refractivity contribution in [2.24, 2.45) is 0 Å². The van der Waals surface area contributed by atoms with Crippen molar-refractivity contribution in [3.8, 4) is 12.3 Å². The fourth-order valence-corrected chi connectivity index (χ4v) is 4.85. The average molecular weight is 352 g/mol. The predicted octanol–water partition coefficient (Wildman–Crippen LogP) is 1.57. The Kier molecular flexibility index (Phi) is 4.92. The van der Waals surface area contributed by atoms with E-state index in [0.717, 1.165) is 0 Å². The van der Waals surface area contributed by atoms with Gasteiger partial charge in [0.25, 0.3) is 0 Å². The van der Waals surface area contributed by atoms with Crippen LogP contribution in [0.3, 0.4) is 0 Å². The summed E-state index contributed by atoms with van der Waals surface area (Å²) in [4.78, 5) is 11.5. The van der Waals surface area contributed by atoms with Crippen molar-refractivity contribution < 1.29 is 18.3 Å². The molecule has 1 aromatic heterocycles. The van der Waals surface area contributed by atoms with Gasteiger partial charge in [-0.2, -0.15) is 4.72 Å². The number of sulfonamides is 1. The quantitative estimate of drug-likeness (QED) is 0.788. The summed E-state index contributed by atoms with van der Waals surface area (Å²) in [5, 5.41) is 8.86. The Morgan fingerprint density at radius 3 is 2.72 bits per heavy atom. The highest BCUT2D eigenvalue weighted by Crippen LogP contribution is 2.29. The number of aryl methyl sites for hydroxylation is 1. The van der Waals surface area contributed by atoms with Crippen LogP contribution in [0.15, 0.2) is 14.7 Å². The first-order valence-electron chi connectivity index (χ1n) is 4.72. The van der Waals surface area contributed by atoms with Crippen molar-refractivity contribution >= 4 is 43.3 Å². The number of carboxylic acid groups (broad SMARTS) is 1. The van der Waals surface area contributed by atoms with Gasteiger partial charge in [0, 0.05) is 11.3 Å². The van der Waals surface area contributed by atoms with Gasteiger partial charge in [0.05, 0.1) is 8.68 Å². The average Bonchev–Trinajstić information content (AvgIpc) is 2.57. The van der Waals surface area contributed by atoms with Crippen molar-refractivity contribution in [2.75, 3.05) is 0 Å². The molecule has 0 bridgehead atoms. The first-order chi connectivity index (χ1) is 8.27. The van der Waals surface area contributed by atoms with Gasteiger partial charge in [-0.3, -0.25) is 4.79 Å². The molecule has 0 saturated carbocycles. The fraction of sp³-hybridized carbons (Fsp3) is 0.300. The molecule has 1 unspecified atom stereocenters. The zero-order chi connectivity index (χ0) is 13.9. The van der Waals surface area contributed by atoms with Crippen LogP contribution in [-0.2, 0) is 14.8 Å². The summed E-state index contributed by atoms with van der Waals surface area (Å²) in [5.41, 5.74) is 0. The smallest absolute Gasteiger partial charge is 0.322 e. The van der Waals surface area contributed by atoms with Crippen LogP contribution < -0.4 is 4.72 Å². The second-order valence-electron chi connectivity index (χ2n) is 3.39. The molecule has 2 N–H and O–H groups in total. The predicted molar refractivity (Wildman–Crippen MR) is 72.0 cm³/mol. The second-order valence-corrected chi connectivity index (χ2v) is 7.71. The highest BCUT2D eigenvalue weighted by Gasteiger charge is 2.26. The summed E-state index contributed by atoms with van der Waals surface area (Å²) in [5.74, 6) is 0.826. The third kappa shape index (κ3) is 3.55. The molecule has 8 heteroatoms. The number of aliphatic carboxylic acids is 1. The Hall–Kier alpha value is -0.880. The molecular formula is C10H10BrNO4S2. The highest BCUT2D eigenvalue weighted by molar-refractivity contribution is 9.11. The van der Waals surface area contributed by atoms with Gasteiger partial charge in [0.2, 0.25) is 10.0 Å². The zero-order valence-corrected chi connectivity index (χ0v) is 12.5. The summed E-state index contributed by atoms with van der Waals surface area (Å²) < 4.78 is 26.7. The number of hydrogen-bond donors (Lipinski definition) is 2. The summed E-state index contributed by atoms with van der Waals surface area (Å²) in [6.07, 6.45) is 4.80. The monoisotopic (exact) mass is 351 g/mol. The van der Waals surface area contributed by atoms with Crippen LogP contribution in [0.25, 0.3) is 0 Å².